The van der Waals surface area contributed by atoms with Crippen LogP contribution < -0.4 is 0 Å². The molecule has 0 spiro atoms. The summed E-state index contributed by atoms with van der Waals surface area (Å²) in [6, 6.07) is 0. The topological polar surface area (TPSA) is 0 Å². The molecule has 2 aliphatic rings. The van der Waals surface area contributed by atoms with E-state index < -0.39 is 0 Å². The fraction of sp³-hybridized carbons (Fsp3) is 0.800. The molecule has 0 N–H and O–H groups in total. The Hall–Kier alpha value is 0.0300. The summed E-state index contributed by atoms with van der Waals surface area (Å²) in [5.74, 6) is 0.725. The van der Waals surface area contributed by atoms with E-state index in [1.165, 1.54) is 24.8 Å². The normalized spacial score (nSPS) is 46.8. The van der Waals surface area contributed by atoms with Gasteiger partial charge in [0, 0.05) is 5.41 Å². The van der Waals surface area contributed by atoms with Crippen LogP contribution in [0.4, 0.5) is 0 Å². The summed E-state index contributed by atoms with van der Waals surface area (Å²) in [5.41, 5.74) is 1.57. The molecule has 0 heterocycles. The highest BCUT2D eigenvalue weighted by Crippen LogP contribution is 2.64. The van der Waals surface area contributed by atoms with E-state index >= 15 is 0 Å². The van der Waals surface area contributed by atoms with Crippen LogP contribution in [0.25, 0.3) is 0 Å². The zero-order valence-corrected chi connectivity index (χ0v) is 8.04. The summed E-state index contributed by atoms with van der Waals surface area (Å²) in [6.45, 7) is 8.63. The van der Waals surface area contributed by atoms with Crippen molar-refractivity contribution in [1.29, 1.82) is 0 Å². The Kier molecular flexibility index (Phi) is 1.29. The zero-order chi connectivity index (χ0) is 8.28. The van der Waals surface area contributed by atoms with Crippen LogP contribution in [0.15, 0.2) is 12.2 Å². The zero-order valence-electron chi connectivity index (χ0n) is 7.28. The Bertz CT molecular complexity index is 217. The Balaban J connectivity index is 2.44. The summed E-state index contributed by atoms with van der Waals surface area (Å²) < 4.78 is 0. The molecule has 0 aliphatic heterocycles. The average Bonchev–Trinajstić information content (AvgIpc) is 2.36. The highest BCUT2D eigenvalue weighted by Gasteiger charge is 2.58. The molecule has 0 unspecified atom stereocenters. The molecule has 2 rings (SSSR count). The highest BCUT2D eigenvalue weighted by molar-refractivity contribution is 6.25. The lowest BCUT2D eigenvalue weighted by Crippen LogP contribution is -2.35. The largest absolute Gasteiger partial charge is 0.118 e. The maximum Gasteiger partial charge on any atom is 0.0540 e. The molecular formula is C10H15Cl. The summed E-state index contributed by atoms with van der Waals surface area (Å²) in [7, 11) is 0. The van der Waals surface area contributed by atoms with Gasteiger partial charge in [0.15, 0.2) is 0 Å². The molecule has 0 aromatic carbocycles. The van der Waals surface area contributed by atoms with Gasteiger partial charge in [-0.15, -0.1) is 11.6 Å². The van der Waals surface area contributed by atoms with Crippen molar-refractivity contribution in [3.8, 4) is 0 Å². The minimum atomic E-state index is 0.0503. The molecule has 0 radical (unpaired) electrons. The first-order chi connectivity index (χ1) is 4.97. The Morgan fingerprint density at radius 1 is 1.55 bits per heavy atom. The number of rotatable bonds is 0. The van der Waals surface area contributed by atoms with Crippen LogP contribution in [0.3, 0.4) is 0 Å². The van der Waals surface area contributed by atoms with Gasteiger partial charge >= 0.3 is 0 Å². The first-order valence-corrected chi connectivity index (χ1v) is 4.73. The second kappa shape index (κ2) is 1.85. The van der Waals surface area contributed by atoms with Crippen LogP contribution in [0, 0.1) is 11.3 Å². The van der Waals surface area contributed by atoms with Crippen molar-refractivity contribution in [3.63, 3.8) is 0 Å². The monoisotopic (exact) mass is 170 g/mol. The molecule has 2 fully saturated rings. The number of allylic oxidation sites excluding steroid dienone is 1. The van der Waals surface area contributed by atoms with Gasteiger partial charge in [0.1, 0.15) is 0 Å². The van der Waals surface area contributed by atoms with Gasteiger partial charge in [-0.3, -0.25) is 0 Å². The van der Waals surface area contributed by atoms with E-state index in [1.54, 1.807) is 0 Å². The number of halogens is 1. The lowest BCUT2D eigenvalue weighted by molar-refractivity contribution is 0.318. The van der Waals surface area contributed by atoms with E-state index in [9.17, 15) is 0 Å². The van der Waals surface area contributed by atoms with Gasteiger partial charge in [-0.2, -0.15) is 0 Å². The van der Waals surface area contributed by atoms with Crippen LogP contribution >= 0.6 is 11.6 Å². The Labute approximate surface area is 73.6 Å². The van der Waals surface area contributed by atoms with Gasteiger partial charge in [-0.25, -0.2) is 0 Å². The fourth-order valence-corrected chi connectivity index (χ4v) is 3.08. The van der Waals surface area contributed by atoms with Crippen LogP contribution in [0.2, 0.25) is 0 Å². The van der Waals surface area contributed by atoms with Crippen molar-refractivity contribution in [3.05, 3.63) is 12.2 Å². The Morgan fingerprint density at radius 2 is 2.18 bits per heavy atom. The lowest BCUT2D eigenvalue weighted by Gasteiger charge is -2.38. The molecule has 2 aliphatic carbocycles. The number of fused-ring (bicyclic) bond motifs is 2. The summed E-state index contributed by atoms with van der Waals surface area (Å²) in [4.78, 5) is 0.0503. The first kappa shape index (κ1) is 7.67. The second-order valence-electron chi connectivity index (χ2n) is 4.56. The van der Waals surface area contributed by atoms with Crippen LogP contribution in [0.1, 0.15) is 33.1 Å². The standard InChI is InChI=1S/C10H15Cl/c1-7-8-4-5-10(11,6-8)9(7,2)3/h8H,1,4-6H2,2-3H3/t8-,10-/m0/s1. The maximum atomic E-state index is 6.52. The summed E-state index contributed by atoms with van der Waals surface area (Å²) in [5, 5.41) is 0. The van der Waals surface area contributed by atoms with E-state index in [0.29, 0.717) is 0 Å². The Morgan fingerprint density at radius 3 is 2.45 bits per heavy atom. The van der Waals surface area contributed by atoms with Gasteiger partial charge in [0.25, 0.3) is 0 Å². The van der Waals surface area contributed by atoms with Crippen LogP contribution in [0.5, 0.6) is 0 Å². The predicted molar refractivity (Wildman–Crippen MR) is 48.8 cm³/mol. The van der Waals surface area contributed by atoms with Gasteiger partial charge < -0.3 is 0 Å². The summed E-state index contributed by atoms with van der Waals surface area (Å²) >= 11 is 6.52. The molecule has 2 saturated carbocycles. The van der Waals surface area contributed by atoms with Gasteiger partial charge in [0.2, 0.25) is 0 Å². The smallest absolute Gasteiger partial charge is 0.0540 e. The van der Waals surface area contributed by atoms with Gasteiger partial charge in [-0.1, -0.05) is 26.0 Å². The number of hydrogen-bond acceptors (Lipinski definition) is 0. The molecule has 0 amide bonds. The minimum Gasteiger partial charge on any atom is -0.118 e. The number of alkyl halides is 1. The third-order valence-electron chi connectivity index (χ3n) is 3.87. The molecule has 1 heteroatoms. The molecular weight excluding hydrogens is 156 g/mol. The fourth-order valence-electron chi connectivity index (χ4n) is 2.66. The molecule has 11 heavy (non-hydrogen) atoms. The molecule has 2 atom stereocenters. The van der Waals surface area contributed by atoms with E-state index in [0.717, 1.165) is 5.92 Å². The third-order valence-corrected chi connectivity index (χ3v) is 4.69. The van der Waals surface area contributed by atoms with Crippen LogP contribution in [-0.2, 0) is 0 Å². The van der Waals surface area contributed by atoms with E-state index in [1.807, 2.05) is 0 Å². The maximum absolute atomic E-state index is 6.52. The van der Waals surface area contributed by atoms with Gasteiger partial charge in [-0.05, 0) is 25.2 Å². The van der Waals surface area contributed by atoms with E-state index in [4.69, 9.17) is 11.6 Å². The number of hydrogen-bond donors (Lipinski definition) is 0. The molecule has 62 valence electrons. The van der Waals surface area contributed by atoms with Crippen molar-refractivity contribution in [1.82, 2.24) is 0 Å². The quantitative estimate of drug-likeness (QED) is 0.386. The third kappa shape index (κ3) is 0.717. The van der Waals surface area contributed by atoms with Gasteiger partial charge in [0.05, 0.1) is 4.87 Å². The SMILES string of the molecule is C=C1[C@H]2CC[C@](Cl)(C2)C1(C)C. The van der Waals surface area contributed by atoms with Crippen LogP contribution in [-0.4, -0.2) is 4.87 Å². The predicted octanol–water partition coefficient (Wildman–Crippen LogP) is 3.36. The molecule has 0 nitrogen and oxygen atoms in total. The molecule has 0 saturated heterocycles. The average molecular weight is 171 g/mol. The van der Waals surface area contributed by atoms with Crippen molar-refractivity contribution < 1.29 is 0 Å². The summed E-state index contributed by atoms with van der Waals surface area (Å²) in [6.07, 6.45) is 3.62. The van der Waals surface area contributed by atoms with E-state index in [2.05, 4.69) is 20.4 Å². The minimum absolute atomic E-state index is 0.0503. The highest BCUT2D eigenvalue weighted by atomic mass is 35.5. The lowest BCUT2D eigenvalue weighted by atomic mass is 9.73. The first-order valence-electron chi connectivity index (χ1n) is 4.35. The van der Waals surface area contributed by atoms with Crippen molar-refractivity contribution in [2.24, 2.45) is 11.3 Å². The van der Waals surface area contributed by atoms with E-state index in [-0.39, 0.29) is 10.3 Å². The molecule has 2 bridgehead atoms. The van der Waals surface area contributed by atoms with Crippen molar-refractivity contribution in [2.45, 2.75) is 38.0 Å². The van der Waals surface area contributed by atoms with Crippen molar-refractivity contribution >= 4 is 11.6 Å². The molecule has 0 aromatic rings. The second-order valence-corrected chi connectivity index (χ2v) is 5.28. The van der Waals surface area contributed by atoms with Crippen molar-refractivity contribution in [2.75, 3.05) is 0 Å². The molecule has 0 aromatic heterocycles.